The molecule has 3 heterocycles. The molecule has 36 heavy (non-hydrogen) atoms. The molecular weight excluding hydrogens is 485 g/mol. The number of nitrogens with zero attached hydrogens (tertiary/aromatic N) is 5. The van der Waals surface area contributed by atoms with E-state index in [4.69, 9.17) is 22.2 Å². The Morgan fingerprint density at radius 2 is 1.97 bits per heavy atom. The molecule has 182 valence electrons. The number of hydrogen-bond donors (Lipinski definition) is 2. The Hall–Kier alpha value is -4.20. The maximum atomic E-state index is 14.6. The average Bonchev–Trinajstić information content (AvgIpc) is 2.89. The first-order valence-corrected chi connectivity index (χ1v) is 11.5. The maximum absolute atomic E-state index is 14.6. The summed E-state index contributed by atoms with van der Waals surface area (Å²) in [6, 6.07) is 13.2. The SMILES string of the molecule is COn1c(=O)c(-c2c(F)cccc2Cl)cc2c(N)nc(-c3ccc(N4CCNCC4)c(C#N)c3)nc21. The molecule has 5 rings (SSSR count). The number of halogens is 2. The van der Waals surface area contributed by atoms with Crippen molar-refractivity contribution in [3.05, 3.63) is 69.2 Å². The van der Waals surface area contributed by atoms with Gasteiger partial charge in [-0.15, -0.1) is 4.73 Å². The molecule has 2 aromatic carbocycles. The number of piperazine rings is 1. The number of aromatic nitrogens is 3. The molecule has 1 fully saturated rings. The lowest BCUT2D eigenvalue weighted by Gasteiger charge is -2.30. The Morgan fingerprint density at radius 3 is 2.67 bits per heavy atom. The van der Waals surface area contributed by atoms with Crippen LogP contribution in [0.3, 0.4) is 0 Å². The number of rotatable bonds is 4. The lowest BCUT2D eigenvalue weighted by Crippen LogP contribution is -2.43. The highest BCUT2D eigenvalue weighted by Crippen LogP contribution is 2.32. The number of nitriles is 1. The molecule has 0 saturated carbocycles. The second-order valence-electron chi connectivity index (χ2n) is 8.19. The molecule has 11 heteroatoms. The number of nitrogen functional groups attached to an aromatic ring is 1. The number of nitrogens with two attached hydrogens (primary N) is 1. The second kappa shape index (κ2) is 9.45. The molecule has 0 bridgehead atoms. The van der Waals surface area contributed by atoms with Crippen LogP contribution in [0.1, 0.15) is 5.56 Å². The monoisotopic (exact) mass is 505 g/mol. The van der Waals surface area contributed by atoms with Crippen LogP contribution in [0, 0.1) is 17.1 Å². The first kappa shape index (κ1) is 23.5. The number of fused-ring (bicyclic) bond motifs is 1. The zero-order valence-corrected chi connectivity index (χ0v) is 20.0. The van der Waals surface area contributed by atoms with Gasteiger partial charge in [-0.3, -0.25) is 4.79 Å². The predicted molar refractivity (Wildman–Crippen MR) is 136 cm³/mol. The van der Waals surface area contributed by atoms with Gasteiger partial charge in [0.05, 0.1) is 27.2 Å². The van der Waals surface area contributed by atoms with Gasteiger partial charge in [0.25, 0.3) is 5.56 Å². The smallest absolute Gasteiger partial charge is 0.293 e. The van der Waals surface area contributed by atoms with Gasteiger partial charge in [0.1, 0.15) is 24.8 Å². The zero-order chi connectivity index (χ0) is 25.4. The van der Waals surface area contributed by atoms with Crippen molar-refractivity contribution in [1.82, 2.24) is 20.0 Å². The molecule has 0 aliphatic carbocycles. The summed E-state index contributed by atoms with van der Waals surface area (Å²) in [6.07, 6.45) is 0. The van der Waals surface area contributed by atoms with Gasteiger partial charge in [0, 0.05) is 37.3 Å². The van der Waals surface area contributed by atoms with Gasteiger partial charge < -0.3 is 20.8 Å². The third-order valence-electron chi connectivity index (χ3n) is 6.10. The first-order valence-electron chi connectivity index (χ1n) is 11.1. The normalized spacial score (nSPS) is 13.6. The Morgan fingerprint density at radius 1 is 1.19 bits per heavy atom. The Kier molecular flexibility index (Phi) is 6.18. The highest BCUT2D eigenvalue weighted by atomic mass is 35.5. The van der Waals surface area contributed by atoms with Gasteiger partial charge >= 0.3 is 0 Å². The van der Waals surface area contributed by atoms with Crippen LogP contribution in [0.25, 0.3) is 33.5 Å². The van der Waals surface area contributed by atoms with E-state index in [9.17, 15) is 14.4 Å². The Bertz CT molecular complexity index is 1570. The van der Waals surface area contributed by atoms with Crippen LogP contribution < -0.4 is 26.3 Å². The Labute approximate surface area is 210 Å². The molecule has 0 atom stereocenters. The number of pyridine rings is 1. The summed E-state index contributed by atoms with van der Waals surface area (Å²) >= 11 is 6.20. The molecule has 0 spiro atoms. The van der Waals surface area contributed by atoms with Crippen LogP contribution in [0.5, 0.6) is 0 Å². The van der Waals surface area contributed by atoms with Crippen molar-refractivity contribution in [2.75, 3.05) is 43.9 Å². The van der Waals surface area contributed by atoms with E-state index in [1.807, 2.05) is 12.1 Å². The van der Waals surface area contributed by atoms with Gasteiger partial charge in [-0.2, -0.15) is 5.26 Å². The first-order chi connectivity index (χ1) is 17.4. The van der Waals surface area contributed by atoms with Crippen LogP contribution in [0.2, 0.25) is 5.02 Å². The molecular formula is C25H21ClFN7O2. The summed E-state index contributed by atoms with van der Waals surface area (Å²) < 4.78 is 15.5. The molecule has 0 radical (unpaired) electrons. The molecule has 1 saturated heterocycles. The van der Waals surface area contributed by atoms with Crippen LogP contribution in [0.15, 0.2) is 47.3 Å². The largest absolute Gasteiger partial charge is 0.412 e. The third kappa shape index (κ3) is 3.98. The average molecular weight is 506 g/mol. The fourth-order valence-corrected chi connectivity index (χ4v) is 4.62. The van der Waals surface area contributed by atoms with E-state index in [0.717, 1.165) is 36.6 Å². The van der Waals surface area contributed by atoms with Gasteiger partial charge in [0.15, 0.2) is 11.5 Å². The van der Waals surface area contributed by atoms with Crippen molar-refractivity contribution in [1.29, 1.82) is 5.26 Å². The van der Waals surface area contributed by atoms with Crippen LogP contribution in [-0.4, -0.2) is 48.0 Å². The molecule has 0 unspecified atom stereocenters. The van der Waals surface area contributed by atoms with E-state index in [1.54, 1.807) is 6.07 Å². The molecule has 1 aliphatic heterocycles. The Balaban J connectivity index is 1.67. The fraction of sp³-hybridized carbons (Fsp3) is 0.200. The van der Waals surface area contributed by atoms with E-state index in [2.05, 4.69) is 26.3 Å². The minimum Gasteiger partial charge on any atom is -0.412 e. The van der Waals surface area contributed by atoms with Crippen molar-refractivity contribution in [2.45, 2.75) is 0 Å². The van der Waals surface area contributed by atoms with Gasteiger partial charge in [-0.25, -0.2) is 14.4 Å². The lowest BCUT2D eigenvalue weighted by atomic mass is 10.0. The topological polar surface area (TPSA) is 122 Å². The zero-order valence-electron chi connectivity index (χ0n) is 19.3. The summed E-state index contributed by atoms with van der Waals surface area (Å²) in [5.74, 6) is -0.393. The second-order valence-corrected chi connectivity index (χ2v) is 8.59. The van der Waals surface area contributed by atoms with Crippen LogP contribution >= 0.6 is 11.6 Å². The van der Waals surface area contributed by atoms with Crippen molar-refractivity contribution in [2.24, 2.45) is 0 Å². The van der Waals surface area contributed by atoms with E-state index >= 15 is 0 Å². The quantitative estimate of drug-likeness (QED) is 0.434. The summed E-state index contributed by atoms with van der Waals surface area (Å²) in [5, 5.41) is 13.4. The standard InChI is InChI=1S/C25H21ClFN7O2/c1-36-34-24-17(12-16(25(34)35)21-18(26)3-2-4-19(21)27)22(29)31-23(32-24)14-5-6-20(15(11-14)13-28)33-9-7-30-8-10-33/h2-6,11-12,30H,7-10H2,1H3,(H2,29,31,32). The van der Waals surface area contributed by atoms with Crippen molar-refractivity contribution < 1.29 is 9.23 Å². The predicted octanol–water partition coefficient (Wildman–Crippen LogP) is 2.84. The fourth-order valence-electron chi connectivity index (χ4n) is 4.36. The molecule has 0 amide bonds. The molecule has 2 aromatic heterocycles. The van der Waals surface area contributed by atoms with E-state index in [0.29, 0.717) is 11.1 Å². The van der Waals surface area contributed by atoms with Crippen LogP contribution in [-0.2, 0) is 0 Å². The number of nitrogens with one attached hydrogen (secondary N) is 1. The highest BCUT2D eigenvalue weighted by molar-refractivity contribution is 6.33. The van der Waals surface area contributed by atoms with Gasteiger partial charge in [-0.1, -0.05) is 17.7 Å². The lowest BCUT2D eigenvalue weighted by molar-refractivity contribution is 0.168. The van der Waals surface area contributed by atoms with E-state index in [1.165, 1.54) is 31.4 Å². The minimum atomic E-state index is -0.661. The van der Waals surface area contributed by atoms with Crippen molar-refractivity contribution >= 4 is 34.1 Å². The van der Waals surface area contributed by atoms with Crippen LogP contribution in [0.4, 0.5) is 15.9 Å². The summed E-state index contributed by atoms with van der Waals surface area (Å²) in [7, 11) is 1.29. The molecule has 3 N–H and O–H groups in total. The van der Waals surface area contributed by atoms with E-state index in [-0.39, 0.29) is 38.8 Å². The van der Waals surface area contributed by atoms with Crippen molar-refractivity contribution in [3.63, 3.8) is 0 Å². The minimum absolute atomic E-state index is 0.0392. The van der Waals surface area contributed by atoms with E-state index < -0.39 is 11.4 Å². The van der Waals surface area contributed by atoms with Crippen molar-refractivity contribution in [3.8, 4) is 28.6 Å². The number of hydrogen-bond acceptors (Lipinski definition) is 8. The van der Waals surface area contributed by atoms with Gasteiger partial charge in [-0.05, 0) is 36.4 Å². The third-order valence-corrected chi connectivity index (χ3v) is 6.41. The summed E-state index contributed by atoms with van der Waals surface area (Å²) in [5.41, 5.74) is 7.48. The number of benzene rings is 2. The summed E-state index contributed by atoms with van der Waals surface area (Å²) in [6.45, 7) is 3.26. The molecule has 9 nitrogen and oxygen atoms in total. The molecule has 4 aromatic rings. The highest BCUT2D eigenvalue weighted by Gasteiger charge is 2.21. The summed E-state index contributed by atoms with van der Waals surface area (Å²) in [4.78, 5) is 29.7. The number of anilines is 2. The van der Waals surface area contributed by atoms with Gasteiger partial charge in [0.2, 0.25) is 0 Å². The molecule has 1 aliphatic rings. The maximum Gasteiger partial charge on any atom is 0.293 e.